The van der Waals surface area contributed by atoms with Gasteiger partial charge in [-0.05, 0) is 170 Å². The van der Waals surface area contributed by atoms with E-state index in [4.69, 9.17) is 17.0 Å². The number of carboxylic acids is 1. The minimum Gasteiger partial charge on any atom is -0.504 e. The third-order valence-corrected chi connectivity index (χ3v) is 15.5. The fourth-order valence-corrected chi connectivity index (χ4v) is 11.4. The van der Waals surface area contributed by atoms with Crippen LogP contribution in [0.2, 0.25) is 0 Å². The van der Waals surface area contributed by atoms with Crippen LogP contribution in [0.3, 0.4) is 0 Å². The summed E-state index contributed by atoms with van der Waals surface area (Å²) in [5.74, 6) is 0.471. The molecule has 6 nitrogen and oxygen atoms in total. The largest absolute Gasteiger partial charge is 0.504 e. The lowest BCUT2D eigenvalue weighted by Gasteiger charge is -2.69. The van der Waals surface area contributed by atoms with Crippen LogP contribution in [0.5, 0.6) is 17.2 Å². The number of aryl methyl sites for hydroxylation is 1. The number of hydrogen-bond acceptors (Lipinski definition) is 5. The number of rotatable bonds is 3. The smallest absolute Gasteiger partial charge is 0.309 e. The number of benzene rings is 4. The third-order valence-electron chi connectivity index (χ3n) is 15.2. The lowest BCUT2D eigenvalue weighted by Crippen LogP contribution is -2.62. The van der Waals surface area contributed by atoms with Crippen LogP contribution in [0, 0.1) is 41.4 Å². The Bertz CT molecular complexity index is 2230. The summed E-state index contributed by atoms with van der Waals surface area (Å²) in [7, 11) is 1.91. The highest BCUT2D eigenvalue weighted by Gasteiger charge is 2.67. The van der Waals surface area contributed by atoms with Crippen LogP contribution in [0.25, 0.3) is 10.8 Å². The number of aromatic hydroxyl groups is 2. The SMILES string of the molecule is Cc1c(O)c(O)cc2c1CC=C1C2(C)CCC2(C)C3CC(C)(C(=O)O)CCC3(C)CCC12C.Cc1cccc(N(C)C(=S)Oc2ccc3ccccc3c2)c1. The Morgan fingerprint density at radius 1 is 0.836 bits per heavy atom. The predicted octanol–water partition coefficient (Wildman–Crippen LogP) is 11.6. The third kappa shape index (κ3) is 6.31. The maximum Gasteiger partial charge on any atom is 0.309 e. The maximum atomic E-state index is 12.3. The van der Waals surface area contributed by atoms with E-state index < -0.39 is 11.4 Å². The first-order valence-corrected chi connectivity index (χ1v) is 20.3. The number of aliphatic carboxylic acids is 1. The molecule has 0 aromatic heterocycles. The monoisotopic (exact) mass is 759 g/mol. The van der Waals surface area contributed by atoms with Crippen molar-refractivity contribution in [3.8, 4) is 17.2 Å². The molecule has 8 rings (SSSR count). The molecule has 6 atom stereocenters. The van der Waals surface area contributed by atoms with Crippen molar-refractivity contribution in [2.24, 2.45) is 27.6 Å². The number of phenols is 2. The zero-order chi connectivity index (χ0) is 39.7. The number of fused-ring (bicyclic) bond motifs is 8. The minimum absolute atomic E-state index is 0.00431. The van der Waals surface area contributed by atoms with Crippen molar-refractivity contribution >= 4 is 39.8 Å². The zero-order valence-corrected chi connectivity index (χ0v) is 34.6. The lowest BCUT2D eigenvalue weighted by atomic mass is 9.34. The van der Waals surface area contributed by atoms with Crippen LogP contribution < -0.4 is 9.64 Å². The van der Waals surface area contributed by atoms with Crippen molar-refractivity contribution in [1.29, 1.82) is 0 Å². The highest BCUT2D eigenvalue weighted by molar-refractivity contribution is 7.80. The number of phenolic OH excluding ortho intramolecular Hbond substituents is 2. The molecule has 0 amide bonds. The second-order valence-electron chi connectivity index (χ2n) is 18.4. The van der Waals surface area contributed by atoms with Gasteiger partial charge in [0.05, 0.1) is 5.41 Å². The fraction of sp³-hybridized carbons (Fsp3) is 0.458. The van der Waals surface area contributed by atoms with E-state index in [1.54, 1.807) is 0 Å². The van der Waals surface area contributed by atoms with Crippen LogP contribution in [-0.4, -0.2) is 33.5 Å². The summed E-state index contributed by atoms with van der Waals surface area (Å²) < 4.78 is 5.84. The number of ether oxygens (including phenoxy) is 1. The number of carbonyl (C=O) groups is 1. The quantitative estimate of drug-likeness (QED) is 0.109. The van der Waals surface area contributed by atoms with Gasteiger partial charge < -0.3 is 25.0 Å². The molecule has 290 valence electrons. The Morgan fingerprint density at radius 3 is 2.25 bits per heavy atom. The fourth-order valence-electron chi connectivity index (χ4n) is 11.2. The number of thiocarbonyl (C=S) groups is 1. The number of hydrogen-bond donors (Lipinski definition) is 3. The van der Waals surface area contributed by atoms with Gasteiger partial charge in [0, 0.05) is 18.2 Å². The van der Waals surface area contributed by atoms with E-state index in [-0.39, 0.29) is 33.2 Å². The first kappa shape index (κ1) is 38.9. The molecular formula is C48H57NO5S. The molecule has 4 aliphatic rings. The van der Waals surface area contributed by atoms with Crippen molar-refractivity contribution in [3.63, 3.8) is 0 Å². The summed E-state index contributed by atoms with van der Waals surface area (Å²) in [6.45, 7) is 15.6. The Balaban J connectivity index is 0.000000184. The van der Waals surface area contributed by atoms with Gasteiger partial charge in [-0.3, -0.25) is 4.79 Å². The lowest BCUT2D eigenvalue weighted by molar-refractivity contribution is -0.177. The first-order valence-electron chi connectivity index (χ1n) is 19.9. The standard InChI is InChI=1S/C29H40O4.C19H17NOS/c1-17-18-7-8-21-27(4,19(18)15-20(30)23(17)31)12-14-29(6)22-16-26(3,24(32)33)10-9-25(22,2)11-13-28(21,29)5;1-14-6-5-9-17(12-14)20(2)19(22)21-18-11-10-15-7-3-4-8-16(15)13-18/h8,15,22,30-31H,7,9-14,16H2,1-6H3,(H,32,33);3-13H,1-2H3. The average Bonchev–Trinajstić information content (AvgIpc) is 3.16. The highest BCUT2D eigenvalue weighted by atomic mass is 32.1. The molecule has 55 heavy (non-hydrogen) atoms. The molecule has 0 radical (unpaired) electrons. The number of nitrogens with zero attached hydrogens (tertiary/aromatic N) is 1. The molecule has 0 saturated heterocycles. The molecule has 4 aromatic rings. The van der Waals surface area contributed by atoms with Gasteiger partial charge in [0.1, 0.15) is 5.75 Å². The van der Waals surface area contributed by atoms with Gasteiger partial charge in [0.2, 0.25) is 0 Å². The van der Waals surface area contributed by atoms with Crippen molar-refractivity contribution in [1.82, 2.24) is 0 Å². The van der Waals surface area contributed by atoms with E-state index in [2.05, 4.69) is 65.0 Å². The summed E-state index contributed by atoms with van der Waals surface area (Å²) >= 11 is 5.41. The van der Waals surface area contributed by atoms with Crippen molar-refractivity contribution in [3.05, 3.63) is 107 Å². The zero-order valence-electron chi connectivity index (χ0n) is 33.8. The van der Waals surface area contributed by atoms with Crippen LogP contribution in [0.15, 0.2) is 84.4 Å². The molecule has 0 heterocycles. The van der Waals surface area contributed by atoms with E-state index in [1.807, 2.05) is 74.3 Å². The second-order valence-corrected chi connectivity index (χ2v) is 18.7. The van der Waals surface area contributed by atoms with Gasteiger partial charge in [-0.2, -0.15) is 0 Å². The Hall–Kier alpha value is -4.36. The van der Waals surface area contributed by atoms with E-state index in [0.29, 0.717) is 11.1 Å². The number of carboxylic acid groups (broad SMARTS) is 1. The molecule has 0 aliphatic heterocycles. The van der Waals surface area contributed by atoms with Crippen molar-refractivity contribution in [2.45, 2.75) is 105 Å². The van der Waals surface area contributed by atoms with Gasteiger partial charge in [0.15, 0.2) is 11.5 Å². The Morgan fingerprint density at radius 2 is 1.55 bits per heavy atom. The molecule has 4 aromatic carbocycles. The van der Waals surface area contributed by atoms with E-state index >= 15 is 0 Å². The summed E-state index contributed by atoms with van der Waals surface area (Å²) in [6, 6.07) is 24.2. The summed E-state index contributed by atoms with van der Waals surface area (Å²) in [4.78, 5) is 14.1. The van der Waals surface area contributed by atoms with Crippen LogP contribution in [-0.2, 0) is 16.6 Å². The van der Waals surface area contributed by atoms with Gasteiger partial charge in [-0.15, -0.1) is 0 Å². The molecule has 4 aliphatic carbocycles. The van der Waals surface area contributed by atoms with Gasteiger partial charge in [0.25, 0.3) is 5.17 Å². The van der Waals surface area contributed by atoms with E-state index in [1.165, 1.54) is 22.1 Å². The average molecular weight is 760 g/mol. The molecule has 0 spiro atoms. The maximum absolute atomic E-state index is 12.3. The molecule has 3 saturated carbocycles. The van der Waals surface area contributed by atoms with E-state index in [0.717, 1.165) is 79.3 Å². The molecule has 7 heteroatoms. The van der Waals surface area contributed by atoms with Gasteiger partial charge in [-0.25, -0.2) is 0 Å². The molecular weight excluding hydrogens is 703 g/mol. The summed E-state index contributed by atoms with van der Waals surface area (Å²) in [5.41, 5.74) is 6.22. The van der Waals surface area contributed by atoms with Crippen molar-refractivity contribution in [2.75, 3.05) is 11.9 Å². The van der Waals surface area contributed by atoms with Crippen LogP contribution in [0.1, 0.15) is 102 Å². The predicted molar refractivity (Wildman–Crippen MR) is 226 cm³/mol. The van der Waals surface area contributed by atoms with Crippen LogP contribution >= 0.6 is 12.2 Å². The second kappa shape index (κ2) is 13.7. The van der Waals surface area contributed by atoms with Gasteiger partial charge >= 0.3 is 5.97 Å². The summed E-state index contributed by atoms with van der Waals surface area (Å²) in [5, 5.41) is 33.7. The molecule has 3 N–H and O–H groups in total. The minimum atomic E-state index is -0.641. The Labute approximate surface area is 332 Å². The first-order chi connectivity index (χ1) is 25.8. The van der Waals surface area contributed by atoms with Gasteiger partial charge in [-0.1, -0.05) is 81.8 Å². The molecule has 6 unspecified atom stereocenters. The Kier molecular flexibility index (Phi) is 9.68. The summed E-state index contributed by atoms with van der Waals surface area (Å²) in [6.07, 6.45) is 10.0. The number of anilines is 1. The van der Waals surface area contributed by atoms with E-state index in [9.17, 15) is 20.1 Å². The highest BCUT2D eigenvalue weighted by Crippen LogP contribution is 2.74. The number of allylic oxidation sites excluding steroid dienone is 2. The van der Waals surface area contributed by atoms with Crippen LogP contribution in [0.4, 0.5) is 5.69 Å². The normalized spacial score (nSPS) is 30.6. The molecule has 0 bridgehead atoms. The molecule has 3 fully saturated rings. The topological polar surface area (TPSA) is 90.2 Å². The van der Waals surface area contributed by atoms with Crippen molar-refractivity contribution < 1.29 is 24.9 Å².